The van der Waals surface area contributed by atoms with Crippen LogP contribution in [0, 0.1) is 0 Å². The number of pyridine rings is 1. The minimum Gasteiger partial charge on any atom is -0.398 e. The molecule has 0 amide bonds. The molecule has 0 saturated carbocycles. The lowest BCUT2D eigenvalue weighted by atomic mass is 10.3. The lowest BCUT2D eigenvalue weighted by Gasteiger charge is -2.05. The Morgan fingerprint density at radius 2 is 2.12 bits per heavy atom. The van der Waals surface area contributed by atoms with Gasteiger partial charge in [0.05, 0.1) is 5.69 Å². The fourth-order valence-corrected chi connectivity index (χ4v) is 2.53. The van der Waals surface area contributed by atoms with Crippen molar-refractivity contribution in [2.45, 2.75) is 10.6 Å². The molecule has 0 unspecified atom stereocenters. The number of halogens is 1. The van der Waals surface area contributed by atoms with E-state index in [1.54, 1.807) is 18.0 Å². The van der Waals surface area contributed by atoms with Crippen LogP contribution < -0.4 is 5.73 Å². The average molecular weight is 295 g/mol. The van der Waals surface area contributed by atoms with Gasteiger partial charge in [0.2, 0.25) is 0 Å². The van der Waals surface area contributed by atoms with Crippen molar-refractivity contribution < 1.29 is 0 Å². The Hall–Kier alpha value is -1.00. The molecule has 0 atom stereocenters. The summed E-state index contributed by atoms with van der Waals surface area (Å²) >= 11 is 5.09. The first kappa shape index (κ1) is 11.5. The summed E-state index contributed by atoms with van der Waals surface area (Å²) in [6.07, 6.45) is 1.81. The zero-order valence-corrected chi connectivity index (χ0v) is 11.0. The molecule has 0 spiro atoms. The van der Waals surface area contributed by atoms with Gasteiger partial charge < -0.3 is 5.73 Å². The van der Waals surface area contributed by atoms with Crippen LogP contribution in [0.3, 0.4) is 0 Å². The lowest BCUT2D eigenvalue weighted by molar-refractivity contribution is 1.17. The Kier molecular flexibility index (Phi) is 3.85. The number of rotatable bonds is 3. The van der Waals surface area contributed by atoms with Crippen molar-refractivity contribution in [3.8, 4) is 0 Å². The fraction of sp³-hybridized carbons (Fsp3) is 0.0833. The maximum absolute atomic E-state index is 5.91. The first-order valence-electron chi connectivity index (χ1n) is 4.83. The van der Waals surface area contributed by atoms with E-state index in [9.17, 15) is 0 Å². The summed E-state index contributed by atoms with van der Waals surface area (Å²) in [5.74, 6) is 0.840. The summed E-state index contributed by atoms with van der Waals surface area (Å²) in [4.78, 5) is 5.36. The molecular formula is C12H11BrN2S. The molecule has 0 bridgehead atoms. The summed E-state index contributed by atoms with van der Waals surface area (Å²) in [7, 11) is 0. The first-order valence-corrected chi connectivity index (χ1v) is 6.61. The van der Waals surface area contributed by atoms with Gasteiger partial charge in [-0.15, -0.1) is 11.8 Å². The highest BCUT2D eigenvalue weighted by atomic mass is 79.9. The Labute approximate surface area is 107 Å². The Bertz CT molecular complexity index is 474. The van der Waals surface area contributed by atoms with E-state index in [1.807, 2.05) is 36.4 Å². The van der Waals surface area contributed by atoms with Crippen LogP contribution >= 0.6 is 27.7 Å². The van der Waals surface area contributed by atoms with Gasteiger partial charge in [-0.1, -0.05) is 22.0 Å². The summed E-state index contributed by atoms with van der Waals surface area (Å²) in [5, 5.41) is 0. The summed E-state index contributed by atoms with van der Waals surface area (Å²) < 4.78 is 1.01. The molecule has 0 fully saturated rings. The first-order chi connectivity index (χ1) is 7.75. The Morgan fingerprint density at radius 1 is 1.25 bits per heavy atom. The summed E-state index contributed by atoms with van der Waals surface area (Å²) in [6.45, 7) is 0. The van der Waals surface area contributed by atoms with E-state index >= 15 is 0 Å². The molecule has 0 saturated heterocycles. The molecule has 82 valence electrons. The number of nitrogens with two attached hydrogens (primary N) is 1. The van der Waals surface area contributed by atoms with Crippen LogP contribution in [0.2, 0.25) is 0 Å². The van der Waals surface area contributed by atoms with E-state index in [4.69, 9.17) is 5.73 Å². The van der Waals surface area contributed by atoms with Crippen molar-refractivity contribution in [2.24, 2.45) is 0 Å². The summed E-state index contributed by atoms with van der Waals surface area (Å²) in [5.41, 5.74) is 7.78. The zero-order valence-electron chi connectivity index (χ0n) is 8.56. The maximum Gasteiger partial charge on any atom is 0.0506 e. The highest BCUT2D eigenvalue weighted by Crippen LogP contribution is 2.29. The van der Waals surface area contributed by atoms with Gasteiger partial charge in [0.15, 0.2) is 0 Å². The van der Waals surface area contributed by atoms with Gasteiger partial charge in [0.1, 0.15) is 0 Å². The second-order valence-electron chi connectivity index (χ2n) is 3.29. The third-order valence-electron chi connectivity index (χ3n) is 2.07. The number of aromatic nitrogens is 1. The van der Waals surface area contributed by atoms with Crippen molar-refractivity contribution in [1.29, 1.82) is 0 Å². The van der Waals surface area contributed by atoms with Gasteiger partial charge in [-0.25, -0.2) is 0 Å². The topological polar surface area (TPSA) is 38.9 Å². The molecule has 2 aromatic rings. The molecule has 1 aromatic heterocycles. The number of thioether (sulfide) groups is 1. The van der Waals surface area contributed by atoms with Crippen LogP contribution in [0.15, 0.2) is 52.0 Å². The second kappa shape index (κ2) is 5.37. The molecule has 4 heteroatoms. The van der Waals surface area contributed by atoms with Crippen LogP contribution in [-0.4, -0.2) is 4.98 Å². The zero-order chi connectivity index (χ0) is 11.4. The smallest absolute Gasteiger partial charge is 0.0506 e. The van der Waals surface area contributed by atoms with Crippen LogP contribution in [0.25, 0.3) is 0 Å². The van der Waals surface area contributed by atoms with E-state index in [0.29, 0.717) is 0 Å². The maximum atomic E-state index is 5.91. The van der Waals surface area contributed by atoms with E-state index in [2.05, 4.69) is 20.9 Å². The number of nitrogens with zero attached hydrogens (tertiary/aromatic N) is 1. The van der Waals surface area contributed by atoms with Crippen LogP contribution in [-0.2, 0) is 5.75 Å². The van der Waals surface area contributed by atoms with E-state index in [1.165, 1.54) is 0 Å². The average Bonchev–Trinajstić information content (AvgIpc) is 2.29. The Balaban J connectivity index is 2.05. The van der Waals surface area contributed by atoms with Crippen LogP contribution in [0.1, 0.15) is 5.69 Å². The van der Waals surface area contributed by atoms with Gasteiger partial charge in [-0.3, -0.25) is 4.98 Å². The van der Waals surface area contributed by atoms with Crippen molar-refractivity contribution >= 4 is 33.4 Å². The minimum atomic E-state index is 0.801. The van der Waals surface area contributed by atoms with Gasteiger partial charge in [-0.2, -0.15) is 0 Å². The van der Waals surface area contributed by atoms with Crippen molar-refractivity contribution in [1.82, 2.24) is 4.98 Å². The lowest BCUT2D eigenvalue weighted by Crippen LogP contribution is -1.90. The molecule has 0 aliphatic heterocycles. The van der Waals surface area contributed by atoms with Gasteiger partial charge in [0.25, 0.3) is 0 Å². The molecule has 1 heterocycles. The van der Waals surface area contributed by atoms with Crippen molar-refractivity contribution in [2.75, 3.05) is 5.73 Å². The monoisotopic (exact) mass is 294 g/mol. The number of anilines is 1. The highest BCUT2D eigenvalue weighted by molar-refractivity contribution is 9.10. The highest BCUT2D eigenvalue weighted by Gasteiger charge is 2.01. The van der Waals surface area contributed by atoms with Crippen LogP contribution in [0.5, 0.6) is 0 Å². The van der Waals surface area contributed by atoms with Gasteiger partial charge >= 0.3 is 0 Å². The largest absolute Gasteiger partial charge is 0.398 e. The molecule has 0 aliphatic rings. The SMILES string of the molecule is Nc1cc(Br)ccc1SCc1ccccn1. The molecule has 16 heavy (non-hydrogen) atoms. The molecular weight excluding hydrogens is 284 g/mol. The standard InChI is InChI=1S/C12H11BrN2S/c13-9-4-5-12(11(14)7-9)16-8-10-3-1-2-6-15-10/h1-7H,8,14H2. The van der Waals surface area contributed by atoms with E-state index < -0.39 is 0 Å². The van der Waals surface area contributed by atoms with Crippen molar-refractivity contribution in [3.63, 3.8) is 0 Å². The second-order valence-corrected chi connectivity index (χ2v) is 5.22. The molecule has 0 aliphatic carbocycles. The predicted octanol–water partition coefficient (Wildman–Crippen LogP) is 3.72. The Morgan fingerprint density at radius 3 is 2.81 bits per heavy atom. The number of benzene rings is 1. The number of nitrogen functional groups attached to an aromatic ring is 1. The van der Waals surface area contributed by atoms with Gasteiger partial charge in [-0.05, 0) is 30.3 Å². The van der Waals surface area contributed by atoms with Gasteiger partial charge in [0, 0.05) is 27.0 Å². The minimum absolute atomic E-state index is 0.801. The third-order valence-corrected chi connectivity index (χ3v) is 3.69. The van der Waals surface area contributed by atoms with Crippen molar-refractivity contribution in [3.05, 3.63) is 52.8 Å². The third kappa shape index (κ3) is 3.00. The van der Waals surface area contributed by atoms with E-state index in [0.717, 1.165) is 26.5 Å². The number of hydrogen-bond acceptors (Lipinski definition) is 3. The fourth-order valence-electron chi connectivity index (χ4n) is 1.29. The van der Waals surface area contributed by atoms with E-state index in [-0.39, 0.29) is 0 Å². The summed E-state index contributed by atoms with van der Waals surface area (Å²) in [6, 6.07) is 11.9. The molecule has 1 aromatic carbocycles. The quantitative estimate of drug-likeness (QED) is 0.693. The molecule has 2 nitrogen and oxygen atoms in total. The number of hydrogen-bond donors (Lipinski definition) is 1. The molecule has 2 N–H and O–H groups in total. The molecule has 0 radical (unpaired) electrons. The normalized spacial score (nSPS) is 10.3. The molecule has 2 rings (SSSR count). The van der Waals surface area contributed by atoms with Crippen LogP contribution in [0.4, 0.5) is 5.69 Å². The predicted molar refractivity (Wildman–Crippen MR) is 72.4 cm³/mol.